The summed E-state index contributed by atoms with van der Waals surface area (Å²) in [5.74, 6) is 0.694. The van der Waals surface area contributed by atoms with E-state index in [1.54, 1.807) is 12.1 Å². The zero-order valence-electron chi connectivity index (χ0n) is 22.7. The molecule has 0 radical (unpaired) electrons. The molecule has 8 heteroatoms. The normalized spacial score (nSPS) is 20.6. The molecule has 39 heavy (non-hydrogen) atoms. The van der Waals surface area contributed by atoms with Crippen LogP contribution in [0.2, 0.25) is 5.02 Å². The molecule has 0 unspecified atom stereocenters. The molecule has 3 fully saturated rings. The number of piperidine rings is 1. The molecule has 2 saturated heterocycles. The maximum absolute atomic E-state index is 14.0. The summed E-state index contributed by atoms with van der Waals surface area (Å²) in [6, 6.07) is 12.1. The Kier molecular flexibility index (Phi) is 8.48. The van der Waals surface area contributed by atoms with Gasteiger partial charge in [-0.15, -0.1) is 0 Å². The minimum absolute atomic E-state index is 0.118. The van der Waals surface area contributed by atoms with E-state index in [4.69, 9.17) is 21.1 Å². The quantitative estimate of drug-likeness (QED) is 0.449. The summed E-state index contributed by atoms with van der Waals surface area (Å²) < 4.78 is 25.4. The Morgan fingerprint density at radius 1 is 0.949 bits per heavy atom. The van der Waals surface area contributed by atoms with E-state index in [0.717, 1.165) is 42.6 Å². The highest BCUT2D eigenvalue weighted by molar-refractivity contribution is 6.31. The van der Waals surface area contributed by atoms with Crippen LogP contribution in [0.15, 0.2) is 42.5 Å². The van der Waals surface area contributed by atoms with Gasteiger partial charge in [-0.1, -0.05) is 36.6 Å². The van der Waals surface area contributed by atoms with Gasteiger partial charge in [0.15, 0.2) is 0 Å². The molecule has 5 rings (SSSR count). The van der Waals surface area contributed by atoms with Crippen LogP contribution in [0.4, 0.5) is 4.39 Å². The number of hydrogen-bond acceptors (Lipinski definition) is 4. The van der Waals surface area contributed by atoms with Gasteiger partial charge in [-0.05, 0) is 74.1 Å². The van der Waals surface area contributed by atoms with E-state index in [-0.39, 0.29) is 23.0 Å². The number of carbonyl (C=O) groups excluding carboxylic acids is 2. The van der Waals surface area contributed by atoms with Crippen LogP contribution in [0.5, 0.6) is 5.75 Å². The molecule has 6 nitrogen and oxygen atoms in total. The van der Waals surface area contributed by atoms with Crippen LogP contribution in [0, 0.1) is 18.2 Å². The van der Waals surface area contributed by atoms with E-state index in [1.165, 1.54) is 12.1 Å². The van der Waals surface area contributed by atoms with Gasteiger partial charge >= 0.3 is 0 Å². The molecule has 3 aliphatic rings. The van der Waals surface area contributed by atoms with Crippen LogP contribution < -0.4 is 4.74 Å². The van der Waals surface area contributed by atoms with Gasteiger partial charge in [0, 0.05) is 43.0 Å². The third kappa shape index (κ3) is 6.09. The first-order valence-electron chi connectivity index (χ1n) is 14.1. The maximum Gasteiger partial charge on any atom is 0.233 e. The Morgan fingerprint density at radius 2 is 1.62 bits per heavy atom. The van der Waals surface area contributed by atoms with E-state index in [9.17, 15) is 14.0 Å². The minimum Gasteiger partial charge on any atom is -0.493 e. The topological polar surface area (TPSA) is 59.1 Å². The van der Waals surface area contributed by atoms with E-state index >= 15 is 0 Å². The summed E-state index contributed by atoms with van der Waals surface area (Å²) in [4.78, 5) is 31.2. The molecular formula is C31H38ClFN2O4. The molecule has 0 N–H and O–H groups in total. The first kappa shape index (κ1) is 27.9. The molecule has 2 amide bonds. The molecule has 0 atom stereocenters. The van der Waals surface area contributed by atoms with Crippen LogP contribution in [-0.4, -0.2) is 67.6 Å². The van der Waals surface area contributed by atoms with Crippen molar-refractivity contribution in [2.75, 3.05) is 46.0 Å². The molecule has 1 aliphatic carbocycles. The zero-order valence-corrected chi connectivity index (χ0v) is 23.5. The number of hydrogen-bond donors (Lipinski definition) is 0. The predicted molar refractivity (Wildman–Crippen MR) is 148 cm³/mol. The van der Waals surface area contributed by atoms with Crippen molar-refractivity contribution >= 4 is 23.4 Å². The van der Waals surface area contributed by atoms with Crippen LogP contribution in [0.25, 0.3) is 0 Å². The van der Waals surface area contributed by atoms with Crippen molar-refractivity contribution in [1.29, 1.82) is 0 Å². The smallest absolute Gasteiger partial charge is 0.233 e. The van der Waals surface area contributed by atoms with Crippen LogP contribution >= 0.6 is 11.6 Å². The van der Waals surface area contributed by atoms with Gasteiger partial charge in [-0.25, -0.2) is 4.39 Å². The number of amides is 2. The molecule has 2 aromatic carbocycles. The molecule has 0 bridgehead atoms. The number of aryl methyl sites for hydroxylation is 1. The van der Waals surface area contributed by atoms with E-state index in [2.05, 4.69) is 0 Å². The van der Waals surface area contributed by atoms with Gasteiger partial charge in [0.05, 0.1) is 25.2 Å². The Balaban J connectivity index is 1.32. The number of ether oxygens (including phenoxy) is 2. The fourth-order valence-electron chi connectivity index (χ4n) is 6.42. The van der Waals surface area contributed by atoms with Crippen LogP contribution in [0.3, 0.4) is 0 Å². The summed E-state index contributed by atoms with van der Waals surface area (Å²) in [5.41, 5.74) is 0.885. The number of benzene rings is 2. The summed E-state index contributed by atoms with van der Waals surface area (Å²) in [6.07, 6.45) is 5.29. The lowest BCUT2D eigenvalue weighted by Gasteiger charge is -2.44. The molecular weight excluding hydrogens is 519 g/mol. The van der Waals surface area contributed by atoms with Crippen molar-refractivity contribution in [3.8, 4) is 5.75 Å². The van der Waals surface area contributed by atoms with E-state index < -0.39 is 5.41 Å². The Hall–Kier alpha value is -2.64. The standard InChI is InChI=1S/C31H38ClFN2O4/c1-23-20-26(8-9-27(23)32)39-22-30(21-28(36)34-16-18-38-19-17-34)12-14-35(15-13-30)29(37)31(10-2-3-11-31)24-4-6-25(33)7-5-24/h4-9,20H,2-3,10-19,21-22H2,1H3. The van der Waals surface area contributed by atoms with Gasteiger partial charge in [-0.3, -0.25) is 9.59 Å². The third-order valence-corrected chi connectivity index (χ3v) is 9.36. The Bertz CT molecular complexity index is 1170. The van der Waals surface area contributed by atoms with Gasteiger partial charge < -0.3 is 19.3 Å². The highest BCUT2D eigenvalue weighted by Gasteiger charge is 2.47. The average molecular weight is 557 g/mol. The van der Waals surface area contributed by atoms with Crippen LogP contribution in [0.1, 0.15) is 56.1 Å². The number of halogens is 2. The summed E-state index contributed by atoms with van der Waals surface area (Å²) >= 11 is 6.20. The zero-order chi connectivity index (χ0) is 27.5. The van der Waals surface area contributed by atoms with E-state index in [0.29, 0.717) is 70.3 Å². The number of rotatable bonds is 7. The van der Waals surface area contributed by atoms with E-state index in [1.807, 2.05) is 34.9 Å². The van der Waals surface area contributed by atoms with Gasteiger partial charge in [0.1, 0.15) is 11.6 Å². The number of morpholine rings is 1. The van der Waals surface area contributed by atoms with Gasteiger partial charge in [0.2, 0.25) is 11.8 Å². The van der Waals surface area contributed by atoms with Crippen molar-refractivity contribution < 1.29 is 23.5 Å². The maximum atomic E-state index is 14.0. The van der Waals surface area contributed by atoms with Gasteiger partial charge in [0.25, 0.3) is 0 Å². The largest absolute Gasteiger partial charge is 0.493 e. The number of nitrogens with zero attached hydrogens (tertiary/aromatic N) is 2. The Labute approximate surface area is 235 Å². The molecule has 1 saturated carbocycles. The lowest BCUT2D eigenvalue weighted by Crippen LogP contribution is -2.53. The Morgan fingerprint density at radius 3 is 2.26 bits per heavy atom. The molecule has 2 aromatic rings. The van der Waals surface area contributed by atoms with Crippen molar-refractivity contribution in [2.45, 2.75) is 57.3 Å². The second kappa shape index (κ2) is 11.8. The molecule has 0 spiro atoms. The summed E-state index contributed by atoms with van der Waals surface area (Å²) in [7, 11) is 0. The predicted octanol–water partition coefficient (Wildman–Crippen LogP) is 5.54. The molecule has 0 aromatic heterocycles. The highest BCUT2D eigenvalue weighted by atomic mass is 35.5. The second-order valence-corrected chi connectivity index (χ2v) is 11.9. The van der Waals surface area contributed by atoms with Crippen LogP contribution in [-0.2, 0) is 19.7 Å². The molecule has 2 heterocycles. The van der Waals surface area contributed by atoms with Crippen molar-refractivity contribution in [3.63, 3.8) is 0 Å². The minimum atomic E-state index is -0.589. The monoisotopic (exact) mass is 556 g/mol. The molecule has 2 aliphatic heterocycles. The fraction of sp³-hybridized carbons (Fsp3) is 0.548. The fourth-order valence-corrected chi connectivity index (χ4v) is 6.54. The lowest BCUT2D eigenvalue weighted by atomic mass is 9.73. The lowest BCUT2D eigenvalue weighted by molar-refractivity contribution is -0.143. The highest BCUT2D eigenvalue weighted by Crippen LogP contribution is 2.45. The third-order valence-electron chi connectivity index (χ3n) is 8.94. The average Bonchev–Trinajstić information content (AvgIpc) is 3.46. The summed E-state index contributed by atoms with van der Waals surface area (Å²) in [6.45, 7) is 5.82. The van der Waals surface area contributed by atoms with Crippen molar-refractivity contribution in [2.24, 2.45) is 5.41 Å². The second-order valence-electron chi connectivity index (χ2n) is 11.5. The number of likely N-dealkylation sites (tertiary alicyclic amines) is 1. The SMILES string of the molecule is Cc1cc(OCC2(CC(=O)N3CCOCC3)CCN(C(=O)C3(c4ccc(F)cc4)CCCC3)CC2)ccc1Cl. The number of carbonyl (C=O) groups is 2. The van der Waals surface area contributed by atoms with Crippen molar-refractivity contribution in [3.05, 3.63) is 64.4 Å². The summed E-state index contributed by atoms with van der Waals surface area (Å²) in [5, 5.41) is 0.688. The first-order valence-corrected chi connectivity index (χ1v) is 14.5. The molecule has 210 valence electrons. The van der Waals surface area contributed by atoms with Crippen molar-refractivity contribution in [1.82, 2.24) is 9.80 Å². The van der Waals surface area contributed by atoms with Gasteiger partial charge in [-0.2, -0.15) is 0 Å². The first-order chi connectivity index (χ1) is 18.8.